The summed E-state index contributed by atoms with van der Waals surface area (Å²) < 4.78 is 10.6. The van der Waals surface area contributed by atoms with E-state index >= 15 is 0 Å². The summed E-state index contributed by atoms with van der Waals surface area (Å²) >= 11 is 0. The van der Waals surface area contributed by atoms with Gasteiger partial charge in [0.25, 0.3) is 11.8 Å². The van der Waals surface area contributed by atoms with Crippen molar-refractivity contribution in [2.45, 2.75) is 51.6 Å². The normalized spacial score (nSPS) is 28.9. The van der Waals surface area contributed by atoms with Crippen LogP contribution in [0.2, 0.25) is 0 Å². The SMILES string of the molecule is CC(=O)C1OC(C)(C)O[C@H]1C(=O)ON1C(=O)CCC1=O. The lowest BCUT2D eigenvalue weighted by atomic mass is 10.1. The Balaban J connectivity index is 2.10. The smallest absolute Gasteiger partial charge is 0.336 e. The molecule has 110 valence electrons. The number of carbonyl (C=O) groups excluding carboxylic acids is 4. The first-order valence-corrected chi connectivity index (χ1v) is 6.15. The lowest BCUT2D eigenvalue weighted by Gasteiger charge is -2.18. The van der Waals surface area contributed by atoms with Crippen LogP contribution in [-0.4, -0.2) is 46.6 Å². The van der Waals surface area contributed by atoms with Gasteiger partial charge in [0.2, 0.25) is 0 Å². The van der Waals surface area contributed by atoms with E-state index in [0.29, 0.717) is 5.06 Å². The van der Waals surface area contributed by atoms with Crippen LogP contribution in [0.1, 0.15) is 33.6 Å². The van der Waals surface area contributed by atoms with Crippen LogP contribution in [0, 0.1) is 0 Å². The van der Waals surface area contributed by atoms with E-state index in [9.17, 15) is 19.2 Å². The van der Waals surface area contributed by atoms with Crippen LogP contribution in [0.4, 0.5) is 0 Å². The van der Waals surface area contributed by atoms with Crippen LogP contribution < -0.4 is 0 Å². The third-order valence-corrected chi connectivity index (χ3v) is 2.92. The van der Waals surface area contributed by atoms with Gasteiger partial charge in [0.05, 0.1) is 0 Å². The molecule has 2 rings (SSSR count). The molecule has 0 radical (unpaired) electrons. The quantitative estimate of drug-likeness (QED) is 0.656. The summed E-state index contributed by atoms with van der Waals surface area (Å²) in [5.74, 6) is -3.73. The highest BCUT2D eigenvalue weighted by Gasteiger charge is 2.50. The van der Waals surface area contributed by atoms with Gasteiger partial charge in [0, 0.05) is 12.8 Å². The molecule has 0 aliphatic carbocycles. The van der Waals surface area contributed by atoms with E-state index in [4.69, 9.17) is 14.3 Å². The molecule has 0 spiro atoms. The van der Waals surface area contributed by atoms with E-state index in [-0.39, 0.29) is 12.8 Å². The molecule has 0 bridgehead atoms. The number of hydroxylamine groups is 2. The number of ether oxygens (including phenoxy) is 2. The van der Waals surface area contributed by atoms with Crippen molar-refractivity contribution in [3.05, 3.63) is 0 Å². The molecule has 0 aromatic heterocycles. The topological polar surface area (TPSA) is 99.2 Å². The molecule has 0 N–H and O–H groups in total. The molecular weight excluding hydrogens is 270 g/mol. The molecule has 0 aromatic carbocycles. The number of nitrogens with zero attached hydrogens (tertiary/aromatic N) is 1. The van der Waals surface area contributed by atoms with E-state index in [1.807, 2.05) is 0 Å². The first-order chi connectivity index (χ1) is 9.21. The number of imide groups is 1. The van der Waals surface area contributed by atoms with Gasteiger partial charge in [0.15, 0.2) is 23.8 Å². The van der Waals surface area contributed by atoms with E-state index in [2.05, 4.69) is 0 Å². The Hall–Kier alpha value is -1.80. The summed E-state index contributed by atoms with van der Waals surface area (Å²) in [6.45, 7) is 4.34. The van der Waals surface area contributed by atoms with Gasteiger partial charge >= 0.3 is 5.97 Å². The van der Waals surface area contributed by atoms with E-state index < -0.39 is 41.6 Å². The number of ketones is 1. The number of rotatable bonds is 3. The zero-order valence-electron chi connectivity index (χ0n) is 11.4. The Morgan fingerprint density at radius 3 is 2.15 bits per heavy atom. The Bertz CT molecular complexity index is 468. The lowest BCUT2D eigenvalue weighted by Crippen LogP contribution is -2.42. The molecule has 2 saturated heterocycles. The molecule has 0 aromatic rings. The molecule has 8 nitrogen and oxygen atoms in total. The van der Waals surface area contributed by atoms with Crippen LogP contribution in [-0.2, 0) is 33.5 Å². The van der Waals surface area contributed by atoms with E-state index in [1.54, 1.807) is 13.8 Å². The largest absolute Gasteiger partial charge is 0.364 e. The minimum Gasteiger partial charge on any atom is -0.336 e. The third-order valence-electron chi connectivity index (χ3n) is 2.92. The highest BCUT2D eigenvalue weighted by molar-refractivity contribution is 6.02. The fraction of sp³-hybridized carbons (Fsp3) is 0.667. The van der Waals surface area contributed by atoms with Gasteiger partial charge in [-0.1, -0.05) is 0 Å². The molecule has 8 heteroatoms. The second-order valence-corrected chi connectivity index (χ2v) is 5.08. The van der Waals surface area contributed by atoms with Crippen molar-refractivity contribution >= 4 is 23.6 Å². The van der Waals surface area contributed by atoms with Crippen LogP contribution >= 0.6 is 0 Å². The average molecular weight is 285 g/mol. The molecule has 2 aliphatic heterocycles. The lowest BCUT2D eigenvalue weighted by molar-refractivity contribution is -0.208. The number of hydrogen-bond donors (Lipinski definition) is 0. The maximum atomic E-state index is 12.0. The van der Waals surface area contributed by atoms with Crippen molar-refractivity contribution in [1.82, 2.24) is 5.06 Å². The average Bonchev–Trinajstić information content (AvgIpc) is 2.83. The van der Waals surface area contributed by atoms with Crippen molar-refractivity contribution in [3.63, 3.8) is 0 Å². The van der Waals surface area contributed by atoms with Crippen molar-refractivity contribution < 1.29 is 33.5 Å². The summed E-state index contributed by atoms with van der Waals surface area (Å²) in [6.07, 6.45) is -2.43. The Morgan fingerprint density at radius 1 is 1.15 bits per heavy atom. The zero-order chi connectivity index (χ0) is 15.1. The standard InChI is InChI=1S/C12H15NO7/c1-6(14)9-10(19-12(2,3)18-9)11(17)20-13-7(15)4-5-8(13)16/h9-10H,4-5H2,1-3H3/t9?,10-/m1/s1. The number of Topliss-reactive ketones (excluding diaryl/α,β-unsaturated/α-hetero) is 1. The predicted octanol–water partition coefficient (Wildman–Crippen LogP) is -0.297. The van der Waals surface area contributed by atoms with Gasteiger partial charge in [-0.15, -0.1) is 5.06 Å². The number of amides is 2. The van der Waals surface area contributed by atoms with Crippen LogP contribution in [0.3, 0.4) is 0 Å². The third kappa shape index (κ3) is 2.70. The van der Waals surface area contributed by atoms with Crippen molar-refractivity contribution in [2.75, 3.05) is 0 Å². The van der Waals surface area contributed by atoms with Crippen molar-refractivity contribution in [1.29, 1.82) is 0 Å². The first-order valence-electron chi connectivity index (χ1n) is 6.15. The van der Waals surface area contributed by atoms with Gasteiger partial charge in [-0.2, -0.15) is 0 Å². The highest BCUT2D eigenvalue weighted by atomic mass is 16.8. The summed E-state index contributed by atoms with van der Waals surface area (Å²) in [5.41, 5.74) is 0. The minimum absolute atomic E-state index is 0.00420. The maximum Gasteiger partial charge on any atom is 0.364 e. The van der Waals surface area contributed by atoms with Crippen LogP contribution in [0.5, 0.6) is 0 Å². The Labute approximate surface area is 114 Å². The number of hydrogen-bond acceptors (Lipinski definition) is 7. The van der Waals surface area contributed by atoms with Crippen LogP contribution in [0.15, 0.2) is 0 Å². The minimum atomic E-state index is -1.30. The summed E-state index contributed by atoms with van der Waals surface area (Å²) in [6, 6.07) is 0. The van der Waals surface area contributed by atoms with Gasteiger partial charge < -0.3 is 14.3 Å². The van der Waals surface area contributed by atoms with Gasteiger partial charge in [0.1, 0.15) is 0 Å². The second-order valence-electron chi connectivity index (χ2n) is 5.08. The fourth-order valence-electron chi connectivity index (χ4n) is 2.03. The maximum absolute atomic E-state index is 12.0. The summed E-state index contributed by atoms with van der Waals surface area (Å²) in [5, 5.41) is 0.411. The predicted molar refractivity (Wildman–Crippen MR) is 61.7 cm³/mol. The molecule has 2 heterocycles. The molecule has 2 fully saturated rings. The van der Waals surface area contributed by atoms with Gasteiger partial charge in [-0.3, -0.25) is 14.4 Å². The monoisotopic (exact) mass is 285 g/mol. The Morgan fingerprint density at radius 2 is 1.65 bits per heavy atom. The second kappa shape index (κ2) is 4.95. The number of carbonyl (C=O) groups is 4. The van der Waals surface area contributed by atoms with Crippen LogP contribution in [0.25, 0.3) is 0 Å². The van der Waals surface area contributed by atoms with Crippen molar-refractivity contribution in [2.24, 2.45) is 0 Å². The van der Waals surface area contributed by atoms with E-state index in [0.717, 1.165) is 0 Å². The molecular formula is C12H15NO7. The van der Waals surface area contributed by atoms with Gasteiger partial charge in [-0.05, 0) is 20.8 Å². The zero-order valence-corrected chi connectivity index (χ0v) is 11.4. The van der Waals surface area contributed by atoms with Crippen molar-refractivity contribution in [3.8, 4) is 0 Å². The summed E-state index contributed by atoms with van der Waals surface area (Å²) in [7, 11) is 0. The molecule has 2 atom stereocenters. The molecule has 2 amide bonds. The van der Waals surface area contributed by atoms with E-state index in [1.165, 1.54) is 6.92 Å². The molecule has 1 unspecified atom stereocenters. The summed E-state index contributed by atoms with van der Waals surface area (Å²) in [4.78, 5) is 50.9. The fourth-order valence-corrected chi connectivity index (χ4v) is 2.03. The molecule has 2 aliphatic rings. The van der Waals surface area contributed by atoms with Gasteiger partial charge in [-0.25, -0.2) is 4.79 Å². The molecule has 0 saturated carbocycles. The molecule has 20 heavy (non-hydrogen) atoms. The first kappa shape index (κ1) is 14.6. The Kier molecular flexibility index (Phi) is 3.61. The highest BCUT2D eigenvalue weighted by Crippen LogP contribution is 2.30.